The Labute approximate surface area is 209 Å². The summed E-state index contributed by atoms with van der Waals surface area (Å²) in [6.07, 6.45) is 4.52. The van der Waals surface area contributed by atoms with E-state index in [0.29, 0.717) is 32.2 Å². The molecule has 36 heavy (non-hydrogen) atoms. The van der Waals surface area contributed by atoms with E-state index in [1.807, 2.05) is 72.9 Å². The van der Waals surface area contributed by atoms with Crippen LogP contribution in [0.4, 0.5) is 0 Å². The third-order valence-corrected chi connectivity index (χ3v) is 6.30. The molecule has 0 saturated carbocycles. The van der Waals surface area contributed by atoms with Gasteiger partial charge in [0, 0.05) is 36.5 Å². The molecule has 4 rings (SSSR count). The van der Waals surface area contributed by atoms with E-state index in [2.05, 4.69) is 15.6 Å². The van der Waals surface area contributed by atoms with Crippen molar-refractivity contribution in [1.82, 2.24) is 15.6 Å². The van der Waals surface area contributed by atoms with Crippen molar-refractivity contribution in [3.63, 3.8) is 0 Å². The summed E-state index contributed by atoms with van der Waals surface area (Å²) >= 11 is 0. The van der Waals surface area contributed by atoms with E-state index in [9.17, 15) is 14.4 Å². The summed E-state index contributed by atoms with van der Waals surface area (Å²) in [4.78, 5) is 39.9. The number of hydrogen-bond donors (Lipinski definition) is 4. The van der Waals surface area contributed by atoms with Gasteiger partial charge in [-0.05, 0) is 40.8 Å². The van der Waals surface area contributed by atoms with Crippen molar-refractivity contribution in [2.75, 3.05) is 6.54 Å². The molecule has 186 valence electrons. The van der Waals surface area contributed by atoms with Crippen LogP contribution in [0.15, 0.2) is 72.9 Å². The average molecular weight is 486 g/mol. The number of hydrogen-bond acceptors (Lipinski definition) is 3. The molecule has 0 spiro atoms. The van der Waals surface area contributed by atoms with Crippen molar-refractivity contribution in [3.8, 4) is 0 Å². The zero-order valence-electron chi connectivity index (χ0n) is 20.1. The Bertz CT molecular complexity index is 1360. The van der Waals surface area contributed by atoms with Crippen LogP contribution in [-0.2, 0) is 27.2 Å². The molecule has 0 bridgehead atoms. The van der Waals surface area contributed by atoms with Crippen molar-refractivity contribution < 1.29 is 19.5 Å². The second kappa shape index (κ2) is 12.0. The zero-order chi connectivity index (χ0) is 25.3. The first-order chi connectivity index (χ1) is 17.5. The minimum Gasteiger partial charge on any atom is -0.481 e. The molecule has 1 heterocycles. The molecule has 0 unspecified atom stereocenters. The van der Waals surface area contributed by atoms with Crippen molar-refractivity contribution in [2.24, 2.45) is 0 Å². The van der Waals surface area contributed by atoms with Crippen molar-refractivity contribution >= 4 is 39.5 Å². The first-order valence-corrected chi connectivity index (χ1v) is 12.3. The normalized spacial score (nSPS) is 11.9. The number of benzene rings is 3. The van der Waals surface area contributed by atoms with Gasteiger partial charge in [-0.15, -0.1) is 0 Å². The van der Waals surface area contributed by atoms with Crippen LogP contribution in [0.5, 0.6) is 0 Å². The third-order valence-electron chi connectivity index (χ3n) is 6.30. The van der Waals surface area contributed by atoms with Crippen LogP contribution in [0.1, 0.15) is 36.8 Å². The van der Waals surface area contributed by atoms with Crippen LogP contribution < -0.4 is 10.6 Å². The van der Waals surface area contributed by atoms with E-state index in [1.54, 1.807) is 0 Å². The maximum absolute atomic E-state index is 13.1. The second-order valence-electron chi connectivity index (χ2n) is 9.04. The van der Waals surface area contributed by atoms with Crippen LogP contribution in [0.25, 0.3) is 21.7 Å². The highest BCUT2D eigenvalue weighted by Gasteiger charge is 2.22. The lowest BCUT2D eigenvalue weighted by molar-refractivity contribution is -0.137. The quantitative estimate of drug-likeness (QED) is 0.224. The van der Waals surface area contributed by atoms with Gasteiger partial charge in [0.15, 0.2) is 0 Å². The molecule has 4 aromatic rings. The molecule has 0 radical (unpaired) electrons. The molecule has 4 N–H and O–H groups in total. The highest BCUT2D eigenvalue weighted by molar-refractivity contribution is 5.91. The van der Waals surface area contributed by atoms with Gasteiger partial charge >= 0.3 is 5.97 Å². The fourth-order valence-corrected chi connectivity index (χ4v) is 4.42. The number of aromatic nitrogens is 1. The van der Waals surface area contributed by atoms with Gasteiger partial charge in [0.2, 0.25) is 11.8 Å². The summed E-state index contributed by atoms with van der Waals surface area (Å²) in [6.45, 7) is 0.434. The highest BCUT2D eigenvalue weighted by Crippen LogP contribution is 2.20. The minimum absolute atomic E-state index is 0.127. The summed E-state index contributed by atoms with van der Waals surface area (Å²) in [5.74, 6) is -1.27. The Morgan fingerprint density at radius 3 is 2.50 bits per heavy atom. The summed E-state index contributed by atoms with van der Waals surface area (Å²) < 4.78 is 0. The third kappa shape index (κ3) is 6.72. The van der Waals surface area contributed by atoms with Gasteiger partial charge in [0.25, 0.3) is 0 Å². The van der Waals surface area contributed by atoms with Gasteiger partial charge in [-0.2, -0.15) is 0 Å². The number of para-hydroxylation sites is 1. The van der Waals surface area contributed by atoms with Gasteiger partial charge in [-0.3, -0.25) is 14.4 Å². The molecule has 0 saturated heterocycles. The number of rotatable bonds is 12. The Hall–Kier alpha value is -4.13. The van der Waals surface area contributed by atoms with Crippen LogP contribution >= 0.6 is 0 Å². The zero-order valence-corrected chi connectivity index (χ0v) is 20.1. The Balaban J connectivity index is 1.41. The van der Waals surface area contributed by atoms with Gasteiger partial charge in [0.1, 0.15) is 6.04 Å². The molecule has 1 aromatic heterocycles. The van der Waals surface area contributed by atoms with E-state index in [1.165, 1.54) is 0 Å². The topological polar surface area (TPSA) is 111 Å². The first-order valence-electron chi connectivity index (χ1n) is 12.3. The van der Waals surface area contributed by atoms with E-state index in [0.717, 1.165) is 32.8 Å². The lowest BCUT2D eigenvalue weighted by Gasteiger charge is -2.19. The van der Waals surface area contributed by atoms with E-state index in [4.69, 9.17) is 5.11 Å². The maximum Gasteiger partial charge on any atom is 0.303 e. The van der Waals surface area contributed by atoms with Crippen LogP contribution in [0, 0.1) is 0 Å². The van der Waals surface area contributed by atoms with Gasteiger partial charge in [-0.25, -0.2) is 0 Å². The minimum atomic E-state index is -0.813. The standard InChI is InChI=1S/C29H31N3O4/c33-27(17-20-13-14-21-8-3-4-9-22(21)16-20)32-26(29(36)30-15-7-1-2-12-28(34)35)18-23-19-31-25-11-6-5-10-24(23)25/h3-6,8-11,13-14,16,19,26,31H,1-2,7,12,15,17-18H2,(H,30,36)(H,32,33)(H,34,35)/t26-/m0/s1. The second-order valence-corrected chi connectivity index (χ2v) is 9.04. The number of carboxylic acids is 1. The predicted octanol–water partition coefficient (Wildman–Crippen LogP) is 4.35. The van der Waals surface area contributed by atoms with E-state index in [-0.39, 0.29) is 24.7 Å². The summed E-state index contributed by atoms with van der Waals surface area (Å²) in [5, 5.41) is 17.8. The molecule has 7 heteroatoms. The Kier molecular flexibility index (Phi) is 8.34. The number of carbonyl (C=O) groups excluding carboxylic acids is 2. The number of aromatic amines is 1. The number of fused-ring (bicyclic) bond motifs is 2. The van der Waals surface area contributed by atoms with Crippen LogP contribution in [0.3, 0.4) is 0 Å². The number of unbranched alkanes of at least 4 members (excludes halogenated alkanes) is 2. The van der Waals surface area contributed by atoms with Crippen LogP contribution in [-0.4, -0.2) is 40.5 Å². The number of nitrogens with one attached hydrogen (secondary N) is 3. The lowest BCUT2D eigenvalue weighted by atomic mass is 10.0. The maximum atomic E-state index is 13.1. The molecular weight excluding hydrogens is 454 g/mol. The molecule has 0 aliphatic rings. The molecule has 0 fully saturated rings. The van der Waals surface area contributed by atoms with E-state index >= 15 is 0 Å². The molecular formula is C29H31N3O4. The monoisotopic (exact) mass is 485 g/mol. The SMILES string of the molecule is O=C(O)CCCCCNC(=O)[C@H](Cc1c[nH]c2ccccc12)NC(=O)Cc1ccc2ccccc2c1. The molecule has 0 aliphatic heterocycles. The van der Waals surface area contributed by atoms with Gasteiger partial charge < -0.3 is 20.7 Å². The lowest BCUT2D eigenvalue weighted by Crippen LogP contribution is -2.48. The molecule has 0 aliphatic carbocycles. The van der Waals surface area contributed by atoms with Crippen LogP contribution in [0.2, 0.25) is 0 Å². The number of amides is 2. The number of H-pyrrole nitrogens is 1. The van der Waals surface area contributed by atoms with Gasteiger partial charge in [0.05, 0.1) is 6.42 Å². The Morgan fingerprint density at radius 2 is 1.67 bits per heavy atom. The van der Waals surface area contributed by atoms with Gasteiger partial charge in [-0.1, -0.05) is 67.1 Å². The Morgan fingerprint density at radius 1 is 0.889 bits per heavy atom. The molecule has 7 nitrogen and oxygen atoms in total. The molecule has 1 atom stereocenters. The average Bonchev–Trinajstić information content (AvgIpc) is 3.28. The predicted molar refractivity (Wildman–Crippen MR) is 141 cm³/mol. The smallest absolute Gasteiger partial charge is 0.303 e. The first kappa shape index (κ1) is 25.0. The largest absolute Gasteiger partial charge is 0.481 e. The fourth-order valence-electron chi connectivity index (χ4n) is 4.42. The number of carbonyl (C=O) groups is 3. The molecule has 2 amide bonds. The van der Waals surface area contributed by atoms with E-state index < -0.39 is 12.0 Å². The van der Waals surface area contributed by atoms with Crippen molar-refractivity contribution in [2.45, 2.75) is 44.6 Å². The van der Waals surface area contributed by atoms with Crippen molar-refractivity contribution in [3.05, 3.63) is 84.1 Å². The number of aliphatic carboxylic acids is 1. The summed E-state index contributed by atoms with van der Waals surface area (Å²) in [7, 11) is 0. The fraction of sp³-hybridized carbons (Fsp3) is 0.276. The summed E-state index contributed by atoms with van der Waals surface area (Å²) in [5.41, 5.74) is 2.82. The highest BCUT2D eigenvalue weighted by atomic mass is 16.4. The molecule has 3 aromatic carbocycles. The summed E-state index contributed by atoms with van der Waals surface area (Å²) in [6, 6.07) is 21.1. The van der Waals surface area contributed by atoms with Crippen molar-refractivity contribution in [1.29, 1.82) is 0 Å². The number of carboxylic acid groups (broad SMARTS) is 1.